The van der Waals surface area contributed by atoms with Gasteiger partial charge in [0.05, 0.1) is 31.2 Å². The lowest BCUT2D eigenvalue weighted by molar-refractivity contribution is 0.340. The number of anilines is 1. The van der Waals surface area contributed by atoms with Gasteiger partial charge in [0.1, 0.15) is 11.6 Å². The molecule has 112 valence electrons. The van der Waals surface area contributed by atoms with Crippen molar-refractivity contribution in [1.29, 1.82) is 0 Å². The quantitative estimate of drug-likeness (QED) is 0.740. The van der Waals surface area contributed by atoms with Crippen molar-refractivity contribution in [3.05, 3.63) is 59.0 Å². The second-order valence-corrected chi connectivity index (χ2v) is 5.72. The predicted octanol–water partition coefficient (Wildman–Crippen LogP) is 4.22. The first kappa shape index (κ1) is 14.5. The number of aromatic nitrogens is 2. The molecule has 3 aromatic rings. The molecule has 0 unspecified atom stereocenters. The van der Waals surface area contributed by atoms with Gasteiger partial charge in [0.25, 0.3) is 0 Å². The number of rotatable bonds is 6. The summed E-state index contributed by atoms with van der Waals surface area (Å²) >= 11 is 1.72. The van der Waals surface area contributed by atoms with Crippen LogP contribution in [0.4, 0.5) is 5.82 Å². The maximum absolute atomic E-state index is 5.53. The van der Waals surface area contributed by atoms with Gasteiger partial charge in [0, 0.05) is 10.4 Å². The van der Waals surface area contributed by atoms with Crippen molar-refractivity contribution >= 4 is 17.2 Å². The van der Waals surface area contributed by atoms with Crippen LogP contribution in [0.1, 0.15) is 11.8 Å². The minimum atomic E-state index is 0.650. The van der Waals surface area contributed by atoms with Crippen LogP contribution in [0.2, 0.25) is 0 Å². The van der Waals surface area contributed by atoms with Crippen LogP contribution < -0.4 is 10.1 Å². The SMILES string of the molecule is CCOc1cccc(-c2cncc(NCc3cccs3)n2)c1. The van der Waals surface area contributed by atoms with Gasteiger partial charge < -0.3 is 10.1 Å². The Kier molecular flexibility index (Phi) is 4.65. The van der Waals surface area contributed by atoms with Crippen molar-refractivity contribution in [3.8, 4) is 17.0 Å². The predicted molar refractivity (Wildman–Crippen MR) is 90.3 cm³/mol. The second-order valence-electron chi connectivity index (χ2n) is 4.68. The molecule has 3 rings (SSSR count). The van der Waals surface area contributed by atoms with Gasteiger partial charge in [-0.15, -0.1) is 11.3 Å². The van der Waals surface area contributed by atoms with Crippen LogP contribution in [0.3, 0.4) is 0 Å². The van der Waals surface area contributed by atoms with E-state index < -0.39 is 0 Å². The molecule has 22 heavy (non-hydrogen) atoms. The zero-order valence-electron chi connectivity index (χ0n) is 12.3. The zero-order valence-corrected chi connectivity index (χ0v) is 13.1. The van der Waals surface area contributed by atoms with E-state index in [1.807, 2.05) is 37.3 Å². The van der Waals surface area contributed by atoms with E-state index in [9.17, 15) is 0 Å². The molecule has 1 aromatic carbocycles. The van der Waals surface area contributed by atoms with Gasteiger partial charge in [-0.1, -0.05) is 18.2 Å². The number of benzene rings is 1. The Morgan fingerprint density at radius 3 is 2.95 bits per heavy atom. The molecule has 0 atom stereocenters. The van der Waals surface area contributed by atoms with Crippen molar-refractivity contribution in [3.63, 3.8) is 0 Å². The molecule has 4 nitrogen and oxygen atoms in total. The van der Waals surface area contributed by atoms with E-state index in [4.69, 9.17) is 4.74 Å². The molecular weight excluding hydrogens is 294 g/mol. The average Bonchev–Trinajstić information content (AvgIpc) is 3.07. The summed E-state index contributed by atoms with van der Waals surface area (Å²) in [6, 6.07) is 12.0. The number of hydrogen-bond acceptors (Lipinski definition) is 5. The maximum atomic E-state index is 5.53. The number of nitrogens with one attached hydrogen (secondary N) is 1. The van der Waals surface area contributed by atoms with E-state index in [0.717, 1.165) is 29.4 Å². The summed E-state index contributed by atoms with van der Waals surface area (Å²) < 4.78 is 5.53. The number of thiophene rings is 1. The maximum Gasteiger partial charge on any atom is 0.145 e. The summed E-state index contributed by atoms with van der Waals surface area (Å²) in [5.74, 6) is 1.62. The van der Waals surface area contributed by atoms with Crippen LogP contribution in [-0.4, -0.2) is 16.6 Å². The molecule has 0 amide bonds. The molecule has 5 heteroatoms. The highest BCUT2D eigenvalue weighted by molar-refractivity contribution is 7.09. The van der Waals surface area contributed by atoms with Crippen LogP contribution in [0, 0.1) is 0 Å². The molecule has 0 fully saturated rings. The molecule has 0 saturated carbocycles. The minimum Gasteiger partial charge on any atom is -0.494 e. The molecular formula is C17H17N3OS. The third kappa shape index (κ3) is 3.62. The number of hydrogen-bond donors (Lipinski definition) is 1. The van der Waals surface area contributed by atoms with Crippen molar-refractivity contribution < 1.29 is 4.74 Å². The fraction of sp³-hybridized carbons (Fsp3) is 0.176. The lowest BCUT2D eigenvalue weighted by Crippen LogP contribution is -2.01. The molecule has 0 bridgehead atoms. The Morgan fingerprint density at radius 1 is 1.18 bits per heavy atom. The first-order chi connectivity index (χ1) is 10.8. The highest BCUT2D eigenvalue weighted by Crippen LogP contribution is 2.23. The largest absolute Gasteiger partial charge is 0.494 e. The Bertz CT molecular complexity index is 728. The second kappa shape index (κ2) is 7.04. The summed E-state index contributed by atoms with van der Waals surface area (Å²) in [4.78, 5) is 10.2. The van der Waals surface area contributed by atoms with Gasteiger partial charge in [-0.25, -0.2) is 4.98 Å². The topological polar surface area (TPSA) is 47.0 Å². The molecule has 2 aromatic heterocycles. The molecule has 0 radical (unpaired) electrons. The first-order valence-electron chi connectivity index (χ1n) is 7.16. The van der Waals surface area contributed by atoms with Gasteiger partial charge in [-0.3, -0.25) is 4.98 Å². The van der Waals surface area contributed by atoms with Crippen LogP contribution >= 0.6 is 11.3 Å². The monoisotopic (exact) mass is 311 g/mol. The standard InChI is InChI=1S/C17H17N3OS/c1-2-21-14-6-3-5-13(9-14)16-11-18-12-17(20-16)19-10-15-7-4-8-22-15/h3-9,11-12H,2,10H2,1H3,(H,19,20). The number of ether oxygens (including phenoxy) is 1. The Balaban J connectivity index is 1.77. The van der Waals surface area contributed by atoms with Gasteiger partial charge in [-0.05, 0) is 30.5 Å². The van der Waals surface area contributed by atoms with E-state index in [1.54, 1.807) is 23.7 Å². The van der Waals surface area contributed by atoms with Crippen LogP contribution in [0.5, 0.6) is 5.75 Å². The molecule has 0 saturated heterocycles. The minimum absolute atomic E-state index is 0.650. The molecule has 0 aliphatic rings. The smallest absolute Gasteiger partial charge is 0.145 e. The lowest BCUT2D eigenvalue weighted by atomic mass is 10.1. The van der Waals surface area contributed by atoms with Gasteiger partial charge in [-0.2, -0.15) is 0 Å². The Labute approximate surface area is 133 Å². The average molecular weight is 311 g/mol. The van der Waals surface area contributed by atoms with Gasteiger partial charge in [0.15, 0.2) is 0 Å². The first-order valence-corrected chi connectivity index (χ1v) is 8.04. The van der Waals surface area contributed by atoms with E-state index in [2.05, 4.69) is 26.7 Å². The Morgan fingerprint density at radius 2 is 2.14 bits per heavy atom. The Hall–Kier alpha value is -2.40. The fourth-order valence-corrected chi connectivity index (χ4v) is 2.74. The lowest BCUT2D eigenvalue weighted by Gasteiger charge is -2.08. The summed E-state index contributed by atoms with van der Waals surface area (Å²) in [5, 5.41) is 5.37. The van der Waals surface area contributed by atoms with E-state index in [1.165, 1.54) is 4.88 Å². The summed E-state index contributed by atoms with van der Waals surface area (Å²) in [7, 11) is 0. The summed E-state index contributed by atoms with van der Waals surface area (Å²) in [5.41, 5.74) is 1.83. The molecule has 2 heterocycles. The van der Waals surface area contributed by atoms with Crippen LogP contribution in [-0.2, 0) is 6.54 Å². The van der Waals surface area contributed by atoms with E-state index >= 15 is 0 Å². The summed E-state index contributed by atoms with van der Waals surface area (Å²) in [6.07, 6.45) is 3.50. The molecule has 0 aliphatic carbocycles. The van der Waals surface area contributed by atoms with E-state index in [0.29, 0.717) is 6.61 Å². The molecule has 0 aliphatic heterocycles. The normalized spacial score (nSPS) is 10.4. The van der Waals surface area contributed by atoms with Crippen LogP contribution in [0.25, 0.3) is 11.3 Å². The van der Waals surface area contributed by atoms with Crippen molar-refractivity contribution in [2.75, 3.05) is 11.9 Å². The molecule has 1 N–H and O–H groups in total. The fourth-order valence-electron chi connectivity index (χ4n) is 2.09. The van der Waals surface area contributed by atoms with Crippen molar-refractivity contribution in [2.45, 2.75) is 13.5 Å². The molecule has 0 spiro atoms. The number of nitrogens with zero attached hydrogens (tertiary/aromatic N) is 2. The van der Waals surface area contributed by atoms with E-state index in [-0.39, 0.29) is 0 Å². The zero-order chi connectivity index (χ0) is 15.2. The van der Waals surface area contributed by atoms with Crippen molar-refractivity contribution in [1.82, 2.24) is 9.97 Å². The third-order valence-electron chi connectivity index (χ3n) is 3.10. The van der Waals surface area contributed by atoms with Crippen LogP contribution in [0.15, 0.2) is 54.2 Å². The van der Waals surface area contributed by atoms with Crippen molar-refractivity contribution in [2.24, 2.45) is 0 Å². The third-order valence-corrected chi connectivity index (χ3v) is 3.98. The highest BCUT2D eigenvalue weighted by Gasteiger charge is 2.04. The summed E-state index contributed by atoms with van der Waals surface area (Å²) in [6.45, 7) is 3.38. The highest BCUT2D eigenvalue weighted by atomic mass is 32.1. The van der Waals surface area contributed by atoms with Gasteiger partial charge >= 0.3 is 0 Å². The van der Waals surface area contributed by atoms with Gasteiger partial charge in [0.2, 0.25) is 0 Å².